The number of hydrogen-bond acceptors (Lipinski definition) is 6. The number of unbranched alkanes of at least 4 members (excludes halogenated alkanes) is 11. The van der Waals surface area contributed by atoms with Crippen LogP contribution in [0, 0.1) is 6.92 Å². The summed E-state index contributed by atoms with van der Waals surface area (Å²) in [5.74, 6) is 0.357. The molecule has 4 rings (SSSR count). The van der Waals surface area contributed by atoms with Gasteiger partial charge in [-0.25, -0.2) is 4.68 Å². The molecule has 0 atom stereocenters. The van der Waals surface area contributed by atoms with Crippen LogP contribution in [0.3, 0.4) is 0 Å². The summed E-state index contributed by atoms with van der Waals surface area (Å²) in [5.41, 5.74) is 2.13. The predicted molar refractivity (Wildman–Crippen MR) is 203 cm³/mol. The number of hydrogen-bond donors (Lipinski definition) is 4. The van der Waals surface area contributed by atoms with Gasteiger partial charge in [0.15, 0.2) is 11.5 Å². The van der Waals surface area contributed by atoms with Crippen LogP contribution < -0.4 is 16.2 Å². The van der Waals surface area contributed by atoms with Crippen LogP contribution >= 0.6 is 46.4 Å². The molecule has 4 N–H and O–H groups in total. The number of rotatable bonds is 19. The van der Waals surface area contributed by atoms with Crippen LogP contribution in [0.25, 0.3) is 5.69 Å². The average molecular weight is 735 g/mol. The Morgan fingerprint density at radius 1 is 0.771 bits per heavy atom. The highest BCUT2D eigenvalue weighted by atomic mass is 35.5. The van der Waals surface area contributed by atoms with E-state index in [1.807, 2.05) is 12.1 Å². The minimum absolute atomic E-state index is 0.0336. The van der Waals surface area contributed by atoms with E-state index in [2.05, 4.69) is 32.9 Å². The number of aromatic amines is 1. The van der Waals surface area contributed by atoms with Crippen LogP contribution in [0.1, 0.15) is 89.5 Å². The number of anilines is 3. The topological polar surface area (TPSA) is 107 Å². The number of nitrogens with one attached hydrogen (secondary N) is 3. The fraction of sp³-hybridized carbons (Fsp3) is 0.417. The number of azo groups is 1. The van der Waals surface area contributed by atoms with Gasteiger partial charge < -0.3 is 15.7 Å². The zero-order chi connectivity index (χ0) is 34.5. The first-order valence-corrected chi connectivity index (χ1v) is 18.2. The van der Waals surface area contributed by atoms with Gasteiger partial charge >= 0.3 is 5.56 Å². The molecule has 0 spiro atoms. The first kappa shape index (κ1) is 37.6. The second-order valence-corrected chi connectivity index (χ2v) is 13.7. The van der Waals surface area contributed by atoms with E-state index in [9.17, 15) is 9.90 Å². The first-order valence-electron chi connectivity index (χ1n) is 16.7. The van der Waals surface area contributed by atoms with Crippen LogP contribution in [0.15, 0.2) is 63.6 Å². The fourth-order valence-electron chi connectivity index (χ4n) is 5.39. The molecule has 0 radical (unpaired) electrons. The Bertz CT molecular complexity index is 1710. The Morgan fingerprint density at radius 2 is 1.40 bits per heavy atom. The molecule has 0 aliphatic carbocycles. The number of nitrogens with zero attached hydrogens (tertiary/aromatic N) is 3. The molecule has 1 aromatic heterocycles. The monoisotopic (exact) mass is 732 g/mol. The maximum Gasteiger partial charge on any atom is 0.301 e. The number of aromatic nitrogens is 2. The third kappa shape index (κ3) is 10.9. The number of halogens is 4. The highest BCUT2D eigenvalue weighted by Gasteiger charge is 2.21. The Labute approximate surface area is 302 Å². The molecule has 0 aliphatic heterocycles. The molecule has 0 saturated heterocycles. The minimum Gasteiger partial charge on any atom is -0.508 e. The zero-order valence-electron chi connectivity index (χ0n) is 27.5. The number of benzene rings is 3. The molecular weight excluding hydrogens is 690 g/mol. The zero-order valence-corrected chi connectivity index (χ0v) is 30.5. The molecule has 12 heteroatoms. The van der Waals surface area contributed by atoms with Gasteiger partial charge in [0.25, 0.3) is 0 Å². The molecule has 48 heavy (non-hydrogen) atoms. The molecule has 0 unspecified atom stereocenters. The van der Waals surface area contributed by atoms with E-state index in [1.165, 1.54) is 93.5 Å². The molecule has 1 heterocycles. The van der Waals surface area contributed by atoms with Crippen LogP contribution in [-0.4, -0.2) is 21.4 Å². The summed E-state index contributed by atoms with van der Waals surface area (Å²) in [4.78, 5) is 13.7. The van der Waals surface area contributed by atoms with Gasteiger partial charge in [0, 0.05) is 17.3 Å². The third-order valence-electron chi connectivity index (χ3n) is 8.10. The molecular formula is C36H44Cl4N6O2. The lowest BCUT2D eigenvalue weighted by atomic mass is 10.1. The predicted octanol–water partition coefficient (Wildman–Crippen LogP) is 13.1. The Morgan fingerprint density at radius 3 is 2.02 bits per heavy atom. The third-order valence-corrected chi connectivity index (χ3v) is 9.23. The van der Waals surface area contributed by atoms with Crippen LogP contribution in [0.2, 0.25) is 20.1 Å². The van der Waals surface area contributed by atoms with Crippen molar-refractivity contribution in [2.45, 2.75) is 90.9 Å². The van der Waals surface area contributed by atoms with E-state index in [-0.39, 0.29) is 33.0 Å². The smallest absolute Gasteiger partial charge is 0.301 e. The van der Waals surface area contributed by atoms with Crippen molar-refractivity contribution >= 4 is 75.0 Å². The first-order chi connectivity index (χ1) is 23.2. The van der Waals surface area contributed by atoms with Gasteiger partial charge in [0.2, 0.25) is 0 Å². The number of H-pyrrole nitrogens is 1. The van der Waals surface area contributed by atoms with Gasteiger partial charge in [-0.2, -0.15) is 5.11 Å². The normalized spacial score (nSPS) is 11.5. The quantitative estimate of drug-likeness (QED) is 0.0568. The summed E-state index contributed by atoms with van der Waals surface area (Å²) in [6.45, 7) is 4.84. The SMILES string of the molecule is CCCCCCCCCCCCCCNc1ccc(Cl)c(Nc2[nH]n(-c3c(Cl)cc(Cl)cc3Cl)c(=O)c2N=Nc2ccc(O)c(C)c2)c1. The van der Waals surface area contributed by atoms with Crippen LogP contribution in [-0.2, 0) is 0 Å². The standard InChI is InChI=1S/C36H44Cl4N6O2/c1-3-4-5-6-7-8-9-10-11-12-13-14-19-41-26-15-17-28(38)31(23-26)42-35-33(44-43-27-16-18-32(47)24(2)20-27)36(48)46(45-35)34-29(39)21-25(37)22-30(34)40/h15-18,20-23,41-42,45,47H,3-14,19H2,1-2H3. The summed E-state index contributed by atoms with van der Waals surface area (Å²) >= 11 is 25.6. The van der Waals surface area contributed by atoms with E-state index >= 15 is 0 Å². The summed E-state index contributed by atoms with van der Waals surface area (Å²) in [6.07, 6.45) is 15.6. The Kier molecular flexibility index (Phi) is 15.0. The highest BCUT2D eigenvalue weighted by molar-refractivity contribution is 6.40. The summed E-state index contributed by atoms with van der Waals surface area (Å²) in [6, 6.07) is 13.3. The molecule has 3 aromatic carbocycles. The molecule has 0 bridgehead atoms. The van der Waals surface area contributed by atoms with Gasteiger partial charge in [0.1, 0.15) is 11.4 Å². The van der Waals surface area contributed by atoms with Crippen molar-refractivity contribution in [1.29, 1.82) is 0 Å². The van der Waals surface area contributed by atoms with Gasteiger partial charge in [-0.05, 0) is 67.4 Å². The van der Waals surface area contributed by atoms with E-state index in [0.717, 1.165) is 18.7 Å². The van der Waals surface area contributed by atoms with Crippen molar-refractivity contribution in [2.75, 3.05) is 17.2 Å². The summed E-state index contributed by atoms with van der Waals surface area (Å²) in [7, 11) is 0. The minimum atomic E-state index is -0.555. The molecule has 8 nitrogen and oxygen atoms in total. The van der Waals surface area contributed by atoms with Crippen molar-refractivity contribution < 1.29 is 5.11 Å². The van der Waals surface area contributed by atoms with Crippen molar-refractivity contribution in [3.05, 3.63) is 84.5 Å². The van der Waals surface area contributed by atoms with Crippen molar-refractivity contribution in [2.24, 2.45) is 10.2 Å². The lowest BCUT2D eigenvalue weighted by molar-refractivity contribution is 0.471. The number of aromatic hydroxyl groups is 1. The number of aryl methyl sites for hydroxylation is 1. The Hall–Kier alpha value is -3.17. The summed E-state index contributed by atoms with van der Waals surface area (Å²) < 4.78 is 1.18. The van der Waals surface area contributed by atoms with Crippen molar-refractivity contribution in [3.8, 4) is 11.4 Å². The molecule has 0 fully saturated rings. The molecule has 258 valence electrons. The van der Waals surface area contributed by atoms with Gasteiger partial charge in [-0.3, -0.25) is 9.89 Å². The van der Waals surface area contributed by atoms with Crippen molar-refractivity contribution in [1.82, 2.24) is 9.78 Å². The summed E-state index contributed by atoms with van der Waals surface area (Å²) in [5, 5.41) is 29.3. The molecule has 0 saturated carbocycles. The van der Waals surface area contributed by atoms with E-state index in [0.29, 0.717) is 27.0 Å². The molecule has 0 amide bonds. The molecule has 0 aliphatic rings. The Balaban J connectivity index is 1.43. The van der Waals surface area contributed by atoms with Crippen molar-refractivity contribution in [3.63, 3.8) is 0 Å². The largest absolute Gasteiger partial charge is 0.508 e. The van der Waals surface area contributed by atoms with Gasteiger partial charge in [0.05, 0.1) is 26.4 Å². The fourth-order valence-corrected chi connectivity index (χ4v) is 6.54. The number of phenolic OH excluding ortho intramolecular Hbond substituents is 1. The second kappa shape index (κ2) is 19.1. The van der Waals surface area contributed by atoms with Gasteiger partial charge in [-0.15, -0.1) is 5.11 Å². The maximum absolute atomic E-state index is 13.7. The van der Waals surface area contributed by atoms with E-state index in [1.54, 1.807) is 25.1 Å². The molecule has 4 aromatic rings. The van der Waals surface area contributed by atoms with E-state index in [4.69, 9.17) is 46.4 Å². The average Bonchev–Trinajstić information content (AvgIpc) is 3.34. The lowest BCUT2D eigenvalue weighted by Crippen LogP contribution is -2.15. The number of phenols is 1. The van der Waals surface area contributed by atoms with Crippen LogP contribution in [0.5, 0.6) is 5.75 Å². The van der Waals surface area contributed by atoms with E-state index < -0.39 is 5.56 Å². The second-order valence-electron chi connectivity index (χ2n) is 12.0. The maximum atomic E-state index is 13.7. The van der Waals surface area contributed by atoms with Gasteiger partial charge in [-0.1, -0.05) is 124 Å². The lowest BCUT2D eigenvalue weighted by Gasteiger charge is -2.12. The van der Waals surface area contributed by atoms with Crippen LogP contribution in [0.4, 0.5) is 28.6 Å². The highest BCUT2D eigenvalue weighted by Crippen LogP contribution is 2.35.